The molecule has 0 spiro atoms. The lowest BCUT2D eigenvalue weighted by molar-refractivity contribution is 0.412. The van der Waals surface area contributed by atoms with E-state index in [4.69, 9.17) is 27.9 Å². The molecule has 0 atom stereocenters. The Balaban J connectivity index is 2.81. The van der Waals surface area contributed by atoms with Crippen molar-refractivity contribution in [3.63, 3.8) is 0 Å². The van der Waals surface area contributed by atoms with Gasteiger partial charge in [0, 0.05) is 5.02 Å². The van der Waals surface area contributed by atoms with Crippen LogP contribution < -0.4 is 16.0 Å². The maximum absolute atomic E-state index is 12.5. The number of aromatic amines is 1. The Morgan fingerprint density at radius 2 is 2.00 bits per heavy atom. The quantitative estimate of drug-likeness (QED) is 0.878. The highest BCUT2D eigenvalue weighted by Gasteiger charge is 2.16. The lowest BCUT2D eigenvalue weighted by atomic mass is 10.2. The second kappa shape index (κ2) is 6.37. The molecular formula is C14H14Cl2N2O3. The molecule has 0 aliphatic rings. The second-order valence-corrected chi connectivity index (χ2v) is 5.24. The van der Waals surface area contributed by atoms with Gasteiger partial charge in [-0.1, -0.05) is 36.5 Å². The number of nitrogens with one attached hydrogen (secondary N) is 1. The third-order valence-corrected chi connectivity index (χ3v) is 3.59. The molecule has 7 heteroatoms. The van der Waals surface area contributed by atoms with Crippen molar-refractivity contribution in [1.29, 1.82) is 0 Å². The first-order chi connectivity index (χ1) is 9.99. The van der Waals surface area contributed by atoms with Crippen LogP contribution >= 0.6 is 23.2 Å². The van der Waals surface area contributed by atoms with Gasteiger partial charge in [-0.3, -0.25) is 9.78 Å². The summed E-state index contributed by atoms with van der Waals surface area (Å²) in [4.78, 5) is 27.1. The van der Waals surface area contributed by atoms with Gasteiger partial charge in [0.15, 0.2) is 0 Å². The summed E-state index contributed by atoms with van der Waals surface area (Å²) in [7, 11) is 1.45. The highest BCUT2D eigenvalue weighted by atomic mass is 35.5. The highest BCUT2D eigenvalue weighted by Crippen LogP contribution is 2.24. The zero-order chi connectivity index (χ0) is 15.6. The van der Waals surface area contributed by atoms with E-state index in [9.17, 15) is 9.59 Å². The topological polar surface area (TPSA) is 64.1 Å². The first-order valence-electron chi connectivity index (χ1n) is 6.37. The van der Waals surface area contributed by atoms with Gasteiger partial charge in [0.05, 0.1) is 18.4 Å². The number of ether oxygens (including phenoxy) is 1. The van der Waals surface area contributed by atoms with E-state index in [2.05, 4.69) is 4.98 Å². The molecule has 21 heavy (non-hydrogen) atoms. The number of benzene rings is 1. The molecule has 0 fully saturated rings. The van der Waals surface area contributed by atoms with Gasteiger partial charge in [-0.2, -0.15) is 0 Å². The molecule has 1 N–H and O–H groups in total. The van der Waals surface area contributed by atoms with Crippen molar-refractivity contribution in [2.75, 3.05) is 7.11 Å². The van der Waals surface area contributed by atoms with E-state index >= 15 is 0 Å². The van der Waals surface area contributed by atoms with Crippen molar-refractivity contribution in [2.45, 2.75) is 19.8 Å². The molecule has 1 heterocycles. The first-order valence-corrected chi connectivity index (χ1v) is 7.12. The summed E-state index contributed by atoms with van der Waals surface area (Å²) in [5.41, 5.74) is -0.456. The normalized spacial score (nSPS) is 10.7. The van der Waals surface area contributed by atoms with Gasteiger partial charge in [-0.25, -0.2) is 9.36 Å². The average Bonchev–Trinajstić information content (AvgIpc) is 2.43. The molecule has 0 aliphatic heterocycles. The molecule has 1 aromatic carbocycles. The van der Waals surface area contributed by atoms with Crippen LogP contribution in [0.25, 0.3) is 5.69 Å². The van der Waals surface area contributed by atoms with E-state index in [1.165, 1.54) is 13.2 Å². The van der Waals surface area contributed by atoms with E-state index in [1.807, 2.05) is 6.92 Å². The van der Waals surface area contributed by atoms with Crippen molar-refractivity contribution in [3.8, 4) is 11.4 Å². The minimum Gasteiger partial charge on any atom is -0.495 e. The Morgan fingerprint density at radius 3 is 2.62 bits per heavy atom. The zero-order valence-corrected chi connectivity index (χ0v) is 13.1. The first kappa shape index (κ1) is 15.7. The molecule has 0 radical (unpaired) electrons. The number of methoxy groups -OCH3 is 1. The van der Waals surface area contributed by atoms with Crippen molar-refractivity contribution >= 4 is 23.2 Å². The lowest BCUT2D eigenvalue weighted by Crippen LogP contribution is -2.36. The van der Waals surface area contributed by atoms with Gasteiger partial charge >= 0.3 is 5.69 Å². The molecule has 0 amide bonds. The Labute approximate surface area is 131 Å². The molecule has 0 saturated heterocycles. The van der Waals surface area contributed by atoms with Crippen LogP contribution in [0, 0.1) is 0 Å². The molecule has 2 aromatic rings. The van der Waals surface area contributed by atoms with E-state index in [0.717, 1.165) is 11.0 Å². The largest absolute Gasteiger partial charge is 0.495 e. The van der Waals surface area contributed by atoms with Crippen molar-refractivity contribution in [1.82, 2.24) is 9.55 Å². The SMILES string of the molecule is CCCc1c(Cl)[nH]c(=O)n(-c2cc(Cl)ccc2OC)c1=O. The van der Waals surface area contributed by atoms with Gasteiger partial charge in [0.2, 0.25) is 0 Å². The van der Waals surface area contributed by atoms with Crippen LogP contribution in [0.4, 0.5) is 0 Å². The minimum absolute atomic E-state index is 0.0732. The number of hydrogen-bond donors (Lipinski definition) is 1. The highest BCUT2D eigenvalue weighted by molar-refractivity contribution is 6.31. The van der Waals surface area contributed by atoms with Crippen LogP contribution in [-0.2, 0) is 6.42 Å². The predicted molar refractivity (Wildman–Crippen MR) is 83.2 cm³/mol. The monoisotopic (exact) mass is 328 g/mol. The Bertz CT molecular complexity index is 781. The predicted octanol–water partition coefficient (Wildman–Crippen LogP) is 2.79. The molecule has 112 valence electrons. The van der Waals surface area contributed by atoms with Crippen LogP contribution in [0.1, 0.15) is 18.9 Å². The minimum atomic E-state index is -0.634. The molecule has 0 saturated carbocycles. The number of halogens is 2. The number of aromatic nitrogens is 2. The number of rotatable bonds is 4. The fourth-order valence-corrected chi connectivity index (χ4v) is 2.49. The summed E-state index contributed by atoms with van der Waals surface area (Å²) in [5, 5.41) is 0.466. The Hall–Kier alpha value is -1.72. The van der Waals surface area contributed by atoms with Crippen molar-refractivity contribution in [3.05, 3.63) is 54.8 Å². The van der Waals surface area contributed by atoms with E-state index < -0.39 is 11.2 Å². The average molecular weight is 329 g/mol. The van der Waals surface area contributed by atoms with Crippen LogP contribution in [0.15, 0.2) is 27.8 Å². The standard InChI is InChI=1S/C14H14Cl2N2O3/c1-3-4-9-12(16)17-14(20)18(13(9)19)10-7-8(15)5-6-11(10)21-2/h5-7H,3-4H2,1-2H3,(H,17,20). The van der Waals surface area contributed by atoms with E-state index in [0.29, 0.717) is 22.8 Å². The van der Waals surface area contributed by atoms with Gasteiger partial charge in [0.1, 0.15) is 10.9 Å². The maximum atomic E-state index is 12.5. The summed E-state index contributed by atoms with van der Waals surface area (Å²) in [6.45, 7) is 1.92. The third-order valence-electron chi connectivity index (χ3n) is 3.03. The summed E-state index contributed by atoms with van der Waals surface area (Å²) < 4.78 is 6.18. The summed E-state index contributed by atoms with van der Waals surface area (Å²) in [6, 6.07) is 4.71. The molecule has 1 aromatic heterocycles. The summed E-state index contributed by atoms with van der Waals surface area (Å²) >= 11 is 11.9. The van der Waals surface area contributed by atoms with Crippen LogP contribution in [0.2, 0.25) is 10.2 Å². The van der Waals surface area contributed by atoms with Gasteiger partial charge in [-0.15, -0.1) is 0 Å². The van der Waals surface area contributed by atoms with Crippen molar-refractivity contribution < 1.29 is 4.74 Å². The van der Waals surface area contributed by atoms with E-state index in [-0.39, 0.29) is 10.8 Å². The zero-order valence-electron chi connectivity index (χ0n) is 11.6. The smallest absolute Gasteiger partial charge is 0.334 e. The lowest BCUT2D eigenvalue weighted by Gasteiger charge is -2.12. The molecule has 2 rings (SSSR count). The molecule has 5 nitrogen and oxygen atoms in total. The fraction of sp³-hybridized carbons (Fsp3) is 0.286. The van der Waals surface area contributed by atoms with Gasteiger partial charge in [0.25, 0.3) is 5.56 Å². The molecule has 0 bridgehead atoms. The van der Waals surface area contributed by atoms with Gasteiger partial charge < -0.3 is 4.74 Å². The second-order valence-electron chi connectivity index (χ2n) is 4.43. The number of nitrogens with zero attached hydrogens (tertiary/aromatic N) is 1. The Kier molecular flexibility index (Phi) is 4.75. The fourth-order valence-electron chi connectivity index (χ4n) is 2.07. The maximum Gasteiger partial charge on any atom is 0.334 e. The molecular weight excluding hydrogens is 315 g/mol. The van der Waals surface area contributed by atoms with Crippen LogP contribution in [-0.4, -0.2) is 16.7 Å². The molecule has 0 unspecified atom stereocenters. The Morgan fingerprint density at radius 1 is 1.29 bits per heavy atom. The van der Waals surface area contributed by atoms with E-state index in [1.54, 1.807) is 12.1 Å². The summed E-state index contributed by atoms with van der Waals surface area (Å²) in [5.74, 6) is 0.372. The molecule has 0 aliphatic carbocycles. The number of hydrogen-bond acceptors (Lipinski definition) is 3. The van der Waals surface area contributed by atoms with Crippen LogP contribution in [0.5, 0.6) is 5.75 Å². The number of H-pyrrole nitrogens is 1. The summed E-state index contributed by atoms with van der Waals surface area (Å²) in [6.07, 6.45) is 1.20. The third kappa shape index (κ3) is 2.99. The van der Waals surface area contributed by atoms with Gasteiger partial charge in [-0.05, 0) is 24.6 Å². The van der Waals surface area contributed by atoms with Crippen molar-refractivity contribution in [2.24, 2.45) is 0 Å². The van der Waals surface area contributed by atoms with Crippen LogP contribution in [0.3, 0.4) is 0 Å².